The second kappa shape index (κ2) is 5.94. The first kappa shape index (κ1) is 10.5. The molecule has 4 nitrogen and oxygen atoms in total. The van der Waals surface area contributed by atoms with Crippen molar-refractivity contribution >= 4 is 5.91 Å². The van der Waals surface area contributed by atoms with Crippen LogP contribution in [-0.2, 0) is 9.63 Å². The molecule has 0 aromatic carbocycles. The second-order valence-corrected chi connectivity index (χ2v) is 3.61. The van der Waals surface area contributed by atoms with Crippen LogP contribution in [0.3, 0.4) is 0 Å². The zero-order valence-corrected chi connectivity index (χ0v) is 7.92. The monoisotopic (exact) mass is 186 g/mol. The highest BCUT2D eigenvalue weighted by atomic mass is 16.6. The molecule has 1 rings (SSSR count). The van der Waals surface area contributed by atoms with Crippen molar-refractivity contribution in [1.29, 1.82) is 0 Å². The molecular weight excluding hydrogens is 168 g/mol. The molecule has 4 heteroatoms. The fraction of sp³-hybridized carbons (Fsp3) is 0.889. The topological polar surface area (TPSA) is 64.4 Å². The van der Waals surface area contributed by atoms with Gasteiger partial charge in [0.25, 0.3) is 0 Å². The largest absolute Gasteiger partial charge is 0.368 e. The molecule has 0 aromatic heterocycles. The van der Waals surface area contributed by atoms with Gasteiger partial charge in [0, 0.05) is 6.54 Å². The summed E-state index contributed by atoms with van der Waals surface area (Å²) in [5.74, 6) is 0.276. The van der Waals surface area contributed by atoms with Crippen molar-refractivity contribution in [3.8, 4) is 0 Å². The van der Waals surface area contributed by atoms with Gasteiger partial charge < -0.3 is 5.73 Å². The molecule has 1 fully saturated rings. The lowest BCUT2D eigenvalue weighted by molar-refractivity contribution is -0.125. The van der Waals surface area contributed by atoms with E-state index in [0.717, 1.165) is 6.54 Å². The van der Waals surface area contributed by atoms with E-state index in [0.29, 0.717) is 5.92 Å². The molecule has 0 bridgehead atoms. The highest BCUT2D eigenvalue weighted by molar-refractivity contribution is 5.74. The molecule has 0 atom stereocenters. The van der Waals surface area contributed by atoms with Gasteiger partial charge in [-0.05, 0) is 18.8 Å². The van der Waals surface area contributed by atoms with Crippen molar-refractivity contribution in [2.24, 2.45) is 11.7 Å². The van der Waals surface area contributed by atoms with E-state index in [1.54, 1.807) is 0 Å². The predicted molar refractivity (Wildman–Crippen MR) is 49.7 cm³/mol. The molecule has 1 aliphatic carbocycles. The molecule has 0 heterocycles. The minimum absolute atomic E-state index is 0.0350. The average Bonchev–Trinajstić information content (AvgIpc) is 2.14. The standard InChI is InChI=1S/C9H18N2O2/c10-9(12)7-13-11-6-8-4-2-1-3-5-8/h8,11H,1-7H2,(H2,10,12). The van der Waals surface area contributed by atoms with Crippen molar-refractivity contribution in [3.63, 3.8) is 0 Å². The first-order valence-corrected chi connectivity index (χ1v) is 4.92. The highest BCUT2D eigenvalue weighted by Crippen LogP contribution is 2.22. The quantitative estimate of drug-likeness (QED) is 0.487. The van der Waals surface area contributed by atoms with Gasteiger partial charge in [-0.25, -0.2) is 5.48 Å². The molecular formula is C9H18N2O2. The molecule has 76 valence electrons. The molecule has 0 spiro atoms. The number of hydrogen-bond donors (Lipinski definition) is 2. The van der Waals surface area contributed by atoms with Gasteiger partial charge in [-0.3, -0.25) is 9.63 Å². The highest BCUT2D eigenvalue weighted by Gasteiger charge is 2.12. The number of amides is 1. The lowest BCUT2D eigenvalue weighted by Crippen LogP contribution is -2.29. The van der Waals surface area contributed by atoms with Gasteiger partial charge >= 0.3 is 0 Å². The molecule has 0 unspecified atom stereocenters. The van der Waals surface area contributed by atoms with Crippen molar-refractivity contribution in [2.45, 2.75) is 32.1 Å². The van der Waals surface area contributed by atoms with Crippen LogP contribution in [0.2, 0.25) is 0 Å². The van der Waals surface area contributed by atoms with Gasteiger partial charge in [-0.2, -0.15) is 0 Å². The number of primary amides is 1. The van der Waals surface area contributed by atoms with Crippen LogP contribution < -0.4 is 11.2 Å². The molecule has 0 aliphatic heterocycles. The summed E-state index contributed by atoms with van der Waals surface area (Å²) in [6.07, 6.45) is 6.54. The normalized spacial score (nSPS) is 18.8. The Bertz CT molecular complexity index is 156. The second-order valence-electron chi connectivity index (χ2n) is 3.61. The Balaban J connectivity index is 1.95. The maximum Gasteiger partial charge on any atom is 0.245 e. The number of rotatable bonds is 5. The summed E-state index contributed by atoms with van der Waals surface area (Å²) in [5.41, 5.74) is 7.69. The maximum atomic E-state index is 10.3. The smallest absolute Gasteiger partial charge is 0.245 e. The zero-order valence-electron chi connectivity index (χ0n) is 7.92. The third kappa shape index (κ3) is 4.85. The van der Waals surface area contributed by atoms with Gasteiger partial charge in [0.15, 0.2) is 0 Å². The van der Waals surface area contributed by atoms with Crippen LogP contribution in [0.25, 0.3) is 0 Å². The Kier molecular flexibility index (Phi) is 4.78. The third-order valence-corrected chi connectivity index (χ3v) is 2.41. The Hall–Kier alpha value is -0.610. The van der Waals surface area contributed by atoms with Crippen molar-refractivity contribution < 1.29 is 9.63 Å². The lowest BCUT2D eigenvalue weighted by atomic mass is 9.89. The summed E-state index contributed by atoms with van der Waals surface area (Å²) in [4.78, 5) is 15.2. The number of carbonyl (C=O) groups is 1. The van der Waals surface area contributed by atoms with Crippen LogP contribution in [0.5, 0.6) is 0 Å². The molecule has 1 amide bonds. The van der Waals surface area contributed by atoms with Gasteiger partial charge in [0.05, 0.1) is 0 Å². The average molecular weight is 186 g/mol. The van der Waals surface area contributed by atoms with Crippen LogP contribution in [0, 0.1) is 5.92 Å². The number of nitrogens with two attached hydrogens (primary N) is 1. The van der Waals surface area contributed by atoms with Gasteiger partial charge in [-0.1, -0.05) is 19.3 Å². The van der Waals surface area contributed by atoms with Gasteiger partial charge in [0.1, 0.15) is 6.61 Å². The van der Waals surface area contributed by atoms with E-state index in [1.807, 2.05) is 0 Å². The van der Waals surface area contributed by atoms with E-state index in [1.165, 1.54) is 32.1 Å². The van der Waals surface area contributed by atoms with E-state index >= 15 is 0 Å². The Labute approximate surface area is 78.8 Å². The van der Waals surface area contributed by atoms with Crippen LogP contribution >= 0.6 is 0 Å². The minimum atomic E-state index is -0.434. The first-order valence-electron chi connectivity index (χ1n) is 4.92. The molecule has 13 heavy (non-hydrogen) atoms. The van der Waals surface area contributed by atoms with Gasteiger partial charge in [0.2, 0.25) is 5.91 Å². The summed E-state index contributed by atoms with van der Waals surface area (Å²) in [5, 5.41) is 0. The van der Waals surface area contributed by atoms with Crippen LogP contribution in [-0.4, -0.2) is 19.1 Å². The van der Waals surface area contributed by atoms with E-state index in [9.17, 15) is 4.79 Å². The van der Waals surface area contributed by atoms with Gasteiger partial charge in [-0.15, -0.1) is 0 Å². The predicted octanol–water partition coefficient (Wildman–Crippen LogP) is 0.573. The number of carbonyl (C=O) groups excluding carboxylic acids is 1. The van der Waals surface area contributed by atoms with E-state index in [-0.39, 0.29) is 6.61 Å². The Morgan fingerprint density at radius 3 is 2.69 bits per heavy atom. The van der Waals surface area contributed by atoms with Crippen LogP contribution in [0.15, 0.2) is 0 Å². The SMILES string of the molecule is NC(=O)CONCC1CCCCC1. The summed E-state index contributed by atoms with van der Waals surface area (Å²) < 4.78 is 0. The number of nitrogens with one attached hydrogen (secondary N) is 1. The van der Waals surface area contributed by atoms with Crippen LogP contribution in [0.1, 0.15) is 32.1 Å². The summed E-state index contributed by atoms with van der Waals surface area (Å²) in [7, 11) is 0. The molecule has 1 saturated carbocycles. The first-order chi connectivity index (χ1) is 6.29. The summed E-state index contributed by atoms with van der Waals surface area (Å²) in [6, 6.07) is 0. The minimum Gasteiger partial charge on any atom is -0.368 e. The lowest BCUT2D eigenvalue weighted by Gasteiger charge is -2.21. The van der Waals surface area contributed by atoms with Crippen molar-refractivity contribution in [3.05, 3.63) is 0 Å². The molecule has 0 radical (unpaired) electrons. The molecule has 1 aliphatic rings. The Morgan fingerprint density at radius 1 is 1.38 bits per heavy atom. The maximum absolute atomic E-state index is 10.3. The number of hydroxylamine groups is 1. The van der Waals surface area contributed by atoms with Crippen LogP contribution in [0.4, 0.5) is 0 Å². The summed E-state index contributed by atoms with van der Waals surface area (Å²) >= 11 is 0. The summed E-state index contributed by atoms with van der Waals surface area (Å²) in [6.45, 7) is 0.806. The van der Waals surface area contributed by atoms with E-state index in [2.05, 4.69) is 5.48 Å². The molecule has 0 aromatic rings. The fourth-order valence-electron chi connectivity index (χ4n) is 1.69. The zero-order chi connectivity index (χ0) is 9.52. The third-order valence-electron chi connectivity index (χ3n) is 2.41. The van der Waals surface area contributed by atoms with E-state index in [4.69, 9.17) is 10.6 Å². The fourth-order valence-corrected chi connectivity index (χ4v) is 1.69. The molecule has 3 N–H and O–H groups in total. The van der Waals surface area contributed by atoms with E-state index < -0.39 is 5.91 Å². The van der Waals surface area contributed by atoms with Crippen molar-refractivity contribution in [1.82, 2.24) is 5.48 Å². The molecule has 0 saturated heterocycles. The Morgan fingerprint density at radius 2 is 2.08 bits per heavy atom. The number of hydrogen-bond acceptors (Lipinski definition) is 3. The van der Waals surface area contributed by atoms with Crippen molar-refractivity contribution in [2.75, 3.05) is 13.2 Å².